The second kappa shape index (κ2) is 13.4. The topological polar surface area (TPSA) is 78.1 Å². The highest BCUT2D eigenvalue weighted by Crippen LogP contribution is 2.40. The summed E-state index contributed by atoms with van der Waals surface area (Å²) in [4.78, 5) is 15.7. The molecule has 0 aliphatic rings. The fourth-order valence-electron chi connectivity index (χ4n) is 9.56. The van der Waals surface area contributed by atoms with Crippen molar-refractivity contribution in [2.24, 2.45) is 0 Å². The normalized spacial score (nSPS) is 12.5. The molecule has 294 valence electrons. The van der Waals surface area contributed by atoms with E-state index < -0.39 is 0 Å². The SMILES string of the molecule is C=C/C(c1nc(-c2ccc3oc4ccc(-c5cccc6c5oc5ccccc56)cc4c3c2)nc(-c2ccc3c4ccccc4c4ccccc4c3c2)n1)=c1\c(=C)oc2ccccc12. The first-order valence-electron chi connectivity index (χ1n) is 20.9. The Balaban J connectivity index is 1.04. The Labute approximate surface area is 359 Å². The van der Waals surface area contributed by atoms with E-state index in [0.717, 1.165) is 87.7 Å². The van der Waals surface area contributed by atoms with Crippen LogP contribution in [0.15, 0.2) is 196 Å². The molecule has 13 rings (SSSR count). The third-order valence-electron chi connectivity index (χ3n) is 12.5. The number of furan rings is 3. The maximum absolute atomic E-state index is 6.44. The molecule has 0 aliphatic heterocycles. The largest absolute Gasteiger partial charge is 0.457 e. The van der Waals surface area contributed by atoms with Gasteiger partial charge < -0.3 is 13.3 Å². The van der Waals surface area contributed by atoms with Crippen LogP contribution < -0.4 is 10.6 Å². The minimum Gasteiger partial charge on any atom is -0.457 e. The number of rotatable bonds is 5. The van der Waals surface area contributed by atoms with Crippen LogP contribution in [0.2, 0.25) is 0 Å². The molecule has 6 nitrogen and oxygen atoms in total. The van der Waals surface area contributed by atoms with E-state index in [4.69, 9.17) is 28.2 Å². The molecule has 6 heteroatoms. The Bertz CT molecular complexity index is 4170. The average Bonchev–Trinajstić information content (AvgIpc) is 4.02. The van der Waals surface area contributed by atoms with Gasteiger partial charge in [0, 0.05) is 54.4 Å². The predicted molar refractivity (Wildman–Crippen MR) is 257 cm³/mol. The van der Waals surface area contributed by atoms with Crippen molar-refractivity contribution in [3.8, 4) is 33.9 Å². The molecule has 0 atom stereocenters. The molecule has 0 saturated carbocycles. The van der Waals surface area contributed by atoms with Crippen molar-refractivity contribution in [3.05, 3.63) is 199 Å². The summed E-state index contributed by atoms with van der Waals surface area (Å²) in [6, 6.07) is 58.5. The Hall–Kier alpha value is -8.61. The highest BCUT2D eigenvalue weighted by atomic mass is 16.3. The highest BCUT2D eigenvalue weighted by molar-refractivity contribution is 6.25. The average molecular weight is 808 g/mol. The smallest absolute Gasteiger partial charge is 0.164 e. The van der Waals surface area contributed by atoms with Crippen LogP contribution >= 0.6 is 0 Å². The molecule has 4 heterocycles. The Morgan fingerprint density at radius 1 is 0.397 bits per heavy atom. The van der Waals surface area contributed by atoms with E-state index in [9.17, 15) is 0 Å². The number of hydrogen-bond acceptors (Lipinski definition) is 6. The van der Waals surface area contributed by atoms with Crippen LogP contribution in [-0.4, -0.2) is 15.0 Å². The van der Waals surface area contributed by atoms with Crippen molar-refractivity contribution in [1.29, 1.82) is 0 Å². The van der Waals surface area contributed by atoms with Crippen molar-refractivity contribution < 1.29 is 13.3 Å². The first kappa shape index (κ1) is 35.2. The monoisotopic (exact) mass is 807 g/mol. The van der Waals surface area contributed by atoms with Crippen LogP contribution in [0, 0.1) is 0 Å². The molecule has 0 bridgehead atoms. The lowest BCUT2D eigenvalue weighted by Gasteiger charge is -2.13. The quantitative estimate of drug-likeness (QED) is 0.161. The zero-order chi connectivity index (χ0) is 41.8. The van der Waals surface area contributed by atoms with Crippen LogP contribution in [0.4, 0.5) is 0 Å². The minimum absolute atomic E-state index is 0.461. The molecule has 0 saturated heterocycles. The van der Waals surface area contributed by atoms with Gasteiger partial charge in [-0.25, -0.2) is 15.0 Å². The lowest BCUT2D eigenvalue weighted by atomic mass is 9.93. The summed E-state index contributed by atoms with van der Waals surface area (Å²) in [5, 5.41) is 12.9. The van der Waals surface area contributed by atoms with Crippen LogP contribution in [0.25, 0.3) is 133 Å². The minimum atomic E-state index is 0.461. The summed E-state index contributed by atoms with van der Waals surface area (Å²) in [7, 11) is 0. The van der Waals surface area contributed by atoms with Gasteiger partial charge >= 0.3 is 0 Å². The fourth-order valence-corrected chi connectivity index (χ4v) is 9.56. The van der Waals surface area contributed by atoms with Gasteiger partial charge in [-0.05, 0) is 86.4 Å². The Kier molecular flexibility index (Phi) is 7.51. The molecule has 0 N–H and O–H groups in total. The van der Waals surface area contributed by atoms with Gasteiger partial charge in [0.15, 0.2) is 17.5 Å². The molecule has 0 fully saturated rings. The van der Waals surface area contributed by atoms with Gasteiger partial charge in [-0.2, -0.15) is 0 Å². The van der Waals surface area contributed by atoms with E-state index in [1.807, 2.05) is 60.7 Å². The molecule has 13 aromatic rings. The van der Waals surface area contributed by atoms with Gasteiger partial charge in [0.1, 0.15) is 33.3 Å². The molecule has 9 aromatic carbocycles. The van der Waals surface area contributed by atoms with Crippen LogP contribution in [0.3, 0.4) is 0 Å². The highest BCUT2D eigenvalue weighted by Gasteiger charge is 2.19. The first-order chi connectivity index (χ1) is 31.1. The van der Waals surface area contributed by atoms with Crippen LogP contribution in [0.1, 0.15) is 5.82 Å². The van der Waals surface area contributed by atoms with Crippen molar-refractivity contribution in [1.82, 2.24) is 15.0 Å². The standard InChI is InChI=1S/C57H33N3O3/c1-3-36(53-32(2)61-50-22-11-9-18-45(50)53)57-59-55(34-23-26-42-40-15-5-4-13-38(40)39-14-6-7-16-41(39)46(42)30-34)58-56(60-57)35-25-28-52-48(31-35)47-29-33(24-27-51(47)62-52)37-19-12-20-44-43-17-8-10-21-49(43)63-54(37)44/h3-31H,1-2H2/b53-36-. The van der Waals surface area contributed by atoms with Gasteiger partial charge in [-0.15, -0.1) is 0 Å². The summed E-state index contributed by atoms with van der Waals surface area (Å²) in [6.07, 6.45) is 1.78. The van der Waals surface area contributed by atoms with Crippen molar-refractivity contribution in [2.75, 3.05) is 0 Å². The summed E-state index contributed by atoms with van der Waals surface area (Å²) >= 11 is 0. The lowest BCUT2D eigenvalue weighted by molar-refractivity contribution is 0.577. The number of hydrogen-bond donors (Lipinski definition) is 0. The van der Waals surface area contributed by atoms with Crippen molar-refractivity contribution in [3.63, 3.8) is 0 Å². The second-order valence-electron chi connectivity index (χ2n) is 16.0. The number of nitrogens with zero attached hydrogens (tertiary/aromatic N) is 3. The molecule has 0 spiro atoms. The Morgan fingerprint density at radius 3 is 1.56 bits per heavy atom. The number of aromatic nitrogens is 3. The van der Waals surface area contributed by atoms with Gasteiger partial charge in [-0.1, -0.05) is 141 Å². The number of fused-ring (bicyclic) bond motifs is 13. The summed E-state index contributed by atoms with van der Waals surface area (Å²) in [5.74, 6) is 1.50. The number of allylic oxidation sites excluding steroid dienone is 1. The summed E-state index contributed by atoms with van der Waals surface area (Å²) < 4.78 is 19.0. The van der Waals surface area contributed by atoms with E-state index in [0.29, 0.717) is 28.5 Å². The Morgan fingerprint density at radius 2 is 0.889 bits per heavy atom. The third-order valence-corrected chi connectivity index (χ3v) is 12.5. The molecule has 0 aliphatic carbocycles. The molecule has 4 aromatic heterocycles. The van der Waals surface area contributed by atoms with E-state index in [2.05, 4.69) is 122 Å². The van der Waals surface area contributed by atoms with Gasteiger partial charge in [0.05, 0.1) is 0 Å². The molecule has 63 heavy (non-hydrogen) atoms. The number of para-hydroxylation sites is 3. The van der Waals surface area contributed by atoms with E-state index in [1.165, 1.54) is 26.9 Å². The van der Waals surface area contributed by atoms with Gasteiger partial charge in [0.25, 0.3) is 0 Å². The number of benzene rings is 9. The van der Waals surface area contributed by atoms with E-state index >= 15 is 0 Å². The fraction of sp³-hybridized carbons (Fsp3) is 0. The molecular formula is C57H33N3O3. The zero-order valence-corrected chi connectivity index (χ0v) is 33.7. The van der Waals surface area contributed by atoms with Crippen molar-refractivity contribution >= 4 is 99.3 Å². The maximum atomic E-state index is 6.44. The summed E-state index contributed by atoms with van der Waals surface area (Å²) in [5.41, 5.74) is 8.94. The van der Waals surface area contributed by atoms with E-state index in [-0.39, 0.29) is 0 Å². The zero-order valence-electron chi connectivity index (χ0n) is 33.7. The van der Waals surface area contributed by atoms with Gasteiger partial charge in [0.2, 0.25) is 0 Å². The predicted octanol–water partition coefficient (Wildman–Crippen LogP) is 13.7. The van der Waals surface area contributed by atoms with E-state index in [1.54, 1.807) is 6.08 Å². The summed E-state index contributed by atoms with van der Waals surface area (Å²) in [6.45, 7) is 8.55. The lowest BCUT2D eigenvalue weighted by Crippen LogP contribution is -2.22. The second-order valence-corrected chi connectivity index (χ2v) is 16.0. The van der Waals surface area contributed by atoms with Gasteiger partial charge in [-0.3, -0.25) is 0 Å². The van der Waals surface area contributed by atoms with Crippen LogP contribution in [0.5, 0.6) is 0 Å². The molecular weight excluding hydrogens is 775 g/mol. The maximum Gasteiger partial charge on any atom is 0.164 e. The first-order valence-corrected chi connectivity index (χ1v) is 20.9. The van der Waals surface area contributed by atoms with Crippen LogP contribution in [-0.2, 0) is 0 Å². The third kappa shape index (κ3) is 5.35. The van der Waals surface area contributed by atoms with Crippen molar-refractivity contribution in [2.45, 2.75) is 0 Å². The molecule has 0 unspecified atom stereocenters. The molecule has 0 radical (unpaired) electrons. The molecule has 0 amide bonds.